The number of benzene rings is 1. The van der Waals surface area contributed by atoms with Crippen LogP contribution in [0, 0.1) is 0 Å². The number of carbonyl (C=O) groups excluding carboxylic acids is 1. The summed E-state index contributed by atoms with van der Waals surface area (Å²) in [6.07, 6.45) is 5.09. The van der Waals surface area contributed by atoms with Crippen LogP contribution in [0.3, 0.4) is 0 Å². The van der Waals surface area contributed by atoms with Crippen LogP contribution in [0.4, 0.5) is 0 Å². The Kier molecular flexibility index (Phi) is 4.29. The first kappa shape index (κ1) is 14.8. The molecule has 1 aromatic heterocycles. The molecule has 1 amide bonds. The van der Waals surface area contributed by atoms with Crippen molar-refractivity contribution in [2.75, 3.05) is 6.54 Å². The van der Waals surface area contributed by atoms with Gasteiger partial charge in [0.15, 0.2) is 5.82 Å². The molecular formula is C15H16ClN3O3. The van der Waals surface area contributed by atoms with Crippen molar-refractivity contribution >= 4 is 17.5 Å². The number of hydrogen-bond acceptors (Lipinski definition) is 5. The van der Waals surface area contributed by atoms with Crippen molar-refractivity contribution in [3.05, 3.63) is 41.0 Å². The molecule has 0 unspecified atom stereocenters. The van der Waals surface area contributed by atoms with Gasteiger partial charge in [-0.05, 0) is 31.0 Å². The number of nitrogens with zero attached hydrogens (tertiary/aromatic N) is 3. The van der Waals surface area contributed by atoms with Gasteiger partial charge >= 0.3 is 0 Å². The molecule has 6 nitrogen and oxygen atoms in total. The van der Waals surface area contributed by atoms with Crippen LogP contribution in [0.25, 0.3) is 0 Å². The molecule has 1 N–H and O–H groups in total. The molecule has 0 saturated carbocycles. The fourth-order valence-electron chi connectivity index (χ4n) is 2.75. The van der Waals surface area contributed by atoms with E-state index in [1.54, 1.807) is 11.0 Å². The number of carbonyl (C=O) groups is 1. The second-order valence-corrected chi connectivity index (χ2v) is 5.73. The van der Waals surface area contributed by atoms with Gasteiger partial charge in [0.2, 0.25) is 6.39 Å². The molecule has 1 atom stereocenters. The monoisotopic (exact) mass is 321 g/mol. The number of rotatable bonds is 2. The molecule has 2 aromatic rings. The van der Waals surface area contributed by atoms with E-state index in [1.807, 2.05) is 0 Å². The second kappa shape index (κ2) is 6.36. The van der Waals surface area contributed by atoms with Crippen LogP contribution >= 0.6 is 11.6 Å². The summed E-state index contributed by atoms with van der Waals surface area (Å²) in [5, 5.41) is 13.6. The molecule has 3 rings (SSSR count). The van der Waals surface area contributed by atoms with Gasteiger partial charge in [0.05, 0.1) is 11.1 Å². The quantitative estimate of drug-likeness (QED) is 0.919. The maximum Gasteiger partial charge on any atom is 0.254 e. The lowest BCUT2D eigenvalue weighted by molar-refractivity contribution is 0.0670. The van der Waals surface area contributed by atoms with Crippen molar-refractivity contribution < 1.29 is 14.4 Å². The van der Waals surface area contributed by atoms with E-state index in [0.717, 1.165) is 25.7 Å². The molecule has 1 aliphatic rings. The van der Waals surface area contributed by atoms with E-state index in [4.69, 9.17) is 16.1 Å². The molecule has 22 heavy (non-hydrogen) atoms. The number of aromatic hydroxyl groups is 1. The Labute approximate surface area is 132 Å². The Morgan fingerprint density at radius 3 is 2.95 bits per heavy atom. The molecule has 0 spiro atoms. The molecular weight excluding hydrogens is 306 g/mol. The highest BCUT2D eigenvalue weighted by Crippen LogP contribution is 2.31. The lowest BCUT2D eigenvalue weighted by atomic mass is 10.1. The molecule has 1 fully saturated rings. The number of hydrogen-bond donors (Lipinski definition) is 1. The van der Waals surface area contributed by atoms with Crippen LogP contribution in [0.2, 0.25) is 5.02 Å². The fourth-order valence-corrected chi connectivity index (χ4v) is 2.93. The van der Waals surface area contributed by atoms with Gasteiger partial charge in [-0.1, -0.05) is 29.6 Å². The van der Waals surface area contributed by atoms with E-state index >= 15 is 0 Å². The predicted molar refractivity (Wildman–Crippen MR) is 79.7 cm³/mol. The third kappa shape index (κ3) is 2.92. The van der Waals surface area contributed by atoms with Crippen LogP contribution in [-0.2, 0) is 0 Å². The molecule has 2 heterocycles. The number of phenols is 1. The van der Waals surface area contributed by atoms with Crippen LogP contribution in [-0.4, -0.2) is 32.6 Å². The van der Waals surface area contributed by atoms with Crippen molar-refractivity contribution in [2.24, 2.45) is 0 Å². The van der Waals surface area contributed by atoms with Gasteiger partial charge < -0.3 is 14.5 Å². The topological polar surface area (TPSA) is 79.5 Å². The summed E-state index contributed by atoms with van der Waals surface area (Å²) in [5.41, 5.74) is 0.443. The van der Waals surface area contributed by atoms with Crippen molar-refractivity contribution in [3.8, 4) is 5.75 Å². The van der Waals surface area contributed by atoms with Gasteiger partial charge in [-0.15, -0.1) is 0 Å². The molecule has 1 aromatic carbocycles. The molecule has 0 bridgehead atoms. The average molecular weight is 322 g/mol. The normalized spacial score (nSPS) is 19.0. The zero-order valence-corrected chi connectivity index (χ0v) is 12.7. The highest BCUT2D eigenvalue weighted by Gasteiger charge is 2.30. The fraction of sp³-hybridized carbons (Fsp3) is 0.400. The second-order valence-electron chi connectivity index (χ2n) is 5.32. The van der Waals surface area contributed by atoms with E-state index in [0.29, 0.717) is 17.9 Å². The summed E-state index contributed by atoms with van der Waals surface area (Å²) in [4.78, 5) is 18.7. The van der Waals surface area contributed by atoms with Gasteiger partial charge in [0, 0.05) is 12.1 Å². The predicted octanol–water partition coefficient (Wildman–Crippen LogP) is 3.19. The van der Waals surface area contributed by atoms with Gasteiger partial charge in [-0.3, -0.25) is 4.79 Å². The lowest BCUT2D eigenvalue weighted by Crippen LogP contribution is -2.35. The highest BCUT2D eigenvalue weighted by molar-refractivity contribution is 6.32. The number of phenolic OH excluding ortho intramolecular Hbond substituents is 1. The molecule has 7 heteroatoms. The maximum atomic E-state index is 12.8. The zero-order chi connectivity index (χ0) is 15.5. The molecule has 0 aliphatic carbocycles. The SMILES string of the molecule is O=C(c1ccc(O)c(Cl)c1)N1CCCCC[C@@H]1c1ncon1. The number of amides is 1. The smallest absolute Gasteiger partial charge is 0.254 e. The lowest BCUT2D eigenvalue weighted by Gasteiger charge is -2.28. The summed E-state index contributed by atoms with van der Waals surface area (Å²) in [6.45, 7) is 0.635. The Hall–Kier alpha value is -2.08. The van der Waals surface area contributed by atoms with E-state index in [-0.39, 0.29) is 22.7 Å². The van der Waals surface area contributed by atoms with Crippen molar-refractivity contribution in [1.82, 2.24) is 15.0 Å². The Morgan fingerprint density at radius 1 is 1.36 bits per heavy atom. The van der Waals surface area contributed by atoms with Gasteiger partial charge in [-0.25, -0.2) is 0 Å². The summed E-state index contributed by atoms with van der Waals surface area (Å²) in [7, 11) is 0. The van der Waals surface area contributed by atoms with Crippen LogP contribution < -0.4 is 0 Å². The minimum atomic E-state index is -0.193. The summed E-state index contributed by atoms with van der Waals surface area (Å²) in [6, 6.07) is 4.29. The maximum absolute atomic E-state index is 12.8. The largest absolute Gasteiger partial charge is 0.506 e. The third-order valence-electron chi connectivity index (χ3n) is 3.88. The third-order valence-corrected chi connectivity index (χ3v) is 4.19. The number of aromatic nitrogens is 2. The molecule has 1 saturated heterocycles. The molecule has 0 radical (unpaired) electrons. The van der Waals surface area contributed by atoms with Crippen LogP contribution in [0.1, 0.15) is 47.9 Å². The van der Waals surface area contributed by atoms with Crippen molar-refractivity contribution in [3.63, 3.8) is 0 Å². The summed E-state index contributed by atoms with van der Waals surface area (Å²) >= 11 is 5.90. The van der Waals surface area contributed by atoms with Gasteiger partial charge in [0.1, 0.15) is 5.75 Å². The average Bonchev–Trinajstić information content (AvgIpc) is 2.94. The van der Waals surface area contributed by atoms with Crippen LogP contribution in [0.5, 0.6) is 5.75 Å². The van der Waals surface area contributed by atoms with Gasteiger partial charge in [-0.2, -0.15) is 4.98 Å². The van der Waals surface area contributed by atoms with Crippen LogP contribution in [0.15, 0.2) is 29.1 Å². The molecule has 116 valence electrons. The Bertz CT molecular complexity index is 660. The van der Waals surface area contributed by atoms with E-state index in [2.05, 4.69) is 10.1 Å². The highest BCUT2D eigenvalue weighted by atomic mass is 35.5. The van der Waals surface area contributed by atoms with Crippen molar-refractivity contribution in [1.29, 1.82) is 0 Å². The first-order valence-corrected chi connectivity index (χ1v) is 7.60. The van der Waals surface area contributed by atoms with E-state index in [1.165, 1.54) is 18.5 Å². The Balaban J connectivity index is 1.91. The van der Waals surface area contributed by atoms with E-state index < -0.39 is 0 Å². The minimum absolute atomic E-state index is 0.0381. The summed E-state index contributed by atoms with van der Waals surface area (Å²) < 4.78 is 4.82. The number of likely N-dealkylation sites (tertiary alicyclic amines) is 1. The molecule has 1 aliphatic heterocycles. The van der Waals surface area contributed by atoms with Crippen molar-refractivity contribution in [2.45, 2.75) is 31.7 Å². The zero-order valence-electron chi connectivity index (χ0n) is 11.9. The Morgan fingerprint density at radius 2 is 2.23 bits per heavy atom. The van der Waals surface area contributed by atoms with Gasteiger partial charge in [0.25, 0.3) is 5.91 Å². The standard InChI is InChI=1S/C15H16ClN3O3/c16-11-8-10(5-6-13(11)20)15(21)19-7-3-1-2-4-12(19)14-17-9-22-18-14/h5-6,8-9,12,20H,1-4,7H2/t12-/m1/s1. The minimum Gasteiger partial charge on any atom is -0.506 e. The number of halogens is 1. The van der Waals surface area contributed by atoms with E-state index in [9.17, 15) is 9.90 Å². The first-order chi connectivity index (χ1) is 10.7. The summed E-state index contributed by atoms with van der Waals surface area (Å²) in [5.74, 6) is 0.350. The first-order valence-electron chi connectivity index (χ1n) is 7.22.